The Labute approximate surface area is 230 Å². The van der Waals surface area contributed by atoms with Crippen molar-refractivity contribution in [2.75, 3.05) is 19.8 Å². The number of allylic oxidation sites excluding steroid dienone is 3. The van der Waals surface area contributed by atoms with E-state index in [9.17, 15) is 19.5 Å². The van der Waals surface area contributed by atoms with Crippen LogP contribution in [0.2, 0.25) is 0 Å². The molecule has 0 aromatic carbocycles. The predicted octanol–water partition coefficient (Wildman–Crippen LogP) is 0.823. The number of ether oxygens (including phenoxy) is 7. The van der Waals surface area contributed by atoms with Gasteiger partial charge in [0.05, 0.1) is 30.8 Å². The van der Waals surface area contributed by atoms with E-state index in [1.54, 1.807) is 0 Å². The molecule has 8 rings (SSSR count). The second-order valence-electron chi connectivity index (χ2n) is 12.7. The molecule has 4 bridgehead atoms. The van der Waals surface area contributed by atoms with Crippen LogP contribution in [0.15, 0.2) is 36.0 Å². The lowest BCUT2D eigenvalue weighted by Crippen LogP contribution is -2.67. The Hall–Kier alpha value is -2.57. The van der Waals surface area contributed by atoms with Crippen LogP contribution >= 0.6 is 0 Å². The van der Waals surface area contributed by atoms with Gasteiger partial charge in [0, 0.05) is 24.3 Å². The number of hydrogen-bond acceptors (Lipinski definition) is 11. The summed E-state index contributed by atoms with van der Waals surface area (Å²) < 4.78 is 42.4. The molecule has 2 unspecified atom stereocenters. The first-order valence-corrected chi connectivity index (χ1v) is 14.0. The van der Waals surface area contributed by atoms with E-state index in [2.05, 4.69) is 19.9 Å². The third kappa shape index (κ3) is 2.85. The zero-order chi connectivity index (χ0) is 27.7. The van der Waals surface area contributed by atoms with Gasteiger partial charge in [-0.2, -0.15) is 0 Å². The molecule has 214 valence electrons. The molecule has 1 N–H and O–H groups in total. The van der Waals surface area contributed by atoms with Gasteiger partial charge >= 0.3 is 17.9 Å². The van der Waals surface area contributed by atoms with Gasteiger partial charge in [0.1, 0.15) is 23.9 Å². The Morgan fingerprint density at radius 1 is 1.00 bits per heavy atom. The number of carbonyl (C=O) groups excluding carboxylic acids is 3. The van der Waals surface area contributed by atoms with Crippen LogP contribution in [0.3, 0.4) is 0 Å². The third-order valence-electron chi connectivity index (χ3n) is 11.2. The first-order valence-electron chi connectivity index (χ1n) is 14.0. The molecule has 6 aliphatic heterocycles. The highest BCUT2D eigenvalue weighted by molar-refractivity contribution is 5.84. The van der Waals surface area contributed by atoms with E-state index >= 15 is 0 Å². The summed E-state index contributed by atoms with van der Waals surface area (Å²) in [4.78, 5) is 39.2. The number of esters is 3. The van der Waals surface area contributed by atoms with Crippen LogP contribution < -0.4 is 0 Å². The number of aliphatic hydroxyl groups is 1. The van der Waals surface area contributed by atoms with Crippen molar-refractivity contribution < 1.29 is 52.6 Å². The maximum Gasteiger partial charge on any atom is 0.339 e. The first kappa shape index (κ1) is 25.2. The third-order valence-corrected chi connectivity index (χ3v) is 11.2. The van der Waals surface area contributed by atoms with Gasteiger partial charge in [-0.25, -0.2) is 14.4 Å². The van der Waals surface area contributed by atoms with Gasteiger partial charge in [0.15, 0.2) is 23.9 Å². The topological polar surface area (TPSA) is 143 Å². The number of rotatable bonds is 0. The van der Waals surface area contributed by atoms with Crippen molar-refractivity contribution in [2.24, 2.45) is 10.8 Å². The van der Waals surface area contributed by atoms with Crippen LogP contribution in [0.4, 0.5) is 0 Å². The van der Waals surface area contributed by atoms with Gasteiger partial charge in [-0.1, -0.05) is 30.7 Å². The van der Waals surface area contributed by atoms with Crippen molar-refractivity contribution in [2.45, 2.75) is 93.0 Å². The number of carbonyl (C=O) groups is 3. The fraction of sp³-hybridized carbons (Fsp3) is 0.690. The Morgan fingerprint density at radius 2 is 1.82 bits per heavy atom. The predicted molar refractivity (Wildman–Crippen MR) is 131 cm³/mol. The van der Waals surface area contributed by atoms with Crippen molar-refractivity contribution in [1.82, 2.24) is 0 Å². The van der Waals surface area contributed by atoms with Gasteiger partial charge in [0.25, 0.3) is 0 Å². The molecule has 0 amide bonds. The SMILES string of the molecule is CC1=C[C@H]2O[C@@H]3C[C@H]4OC(=O)/C=C\C=C[C@]56OCCC7(OC7C(=O)OC[C@@]2(CC1)[C@]4(C)[C@]31CO1)[C@H]5OC(=O)[C@@H]6O. The first-order chi connectivity index (χ1) is 19.1. The molecule has 6 heterocycles. The minimum atomic E-state index is -1.62. The average Bonchev–Trinajstić information content (AvgIpc) is 3.83. The van der Waals surface area contributed by atoms with Crippen molar-refractivity contribution in [3.8, 4) is 0 Å². The van der Waals surface area contributed by atoms with E-state index in [0.717, 1.165) is 6.42 Å². The molecule has 40 heavy (non-hydrogen) atoms. The molecule has 3 spiro atoms. The quantitative estimate of drug-likeness (QED) is 0.196. The molecule has 6 fully saturated rings. The van der Waals surface area contributed by atoms with Crippen LogP contribution in [0.25, 0.3) is 0 Å². The number of epoxide rings is 2. The van der Waals surface area contributed by atoms with Crippen LogP contribution in [-0.4, -0.2) is 96.3 Å². The van der Waals surface area contributed by atoms with E-state index < -0.39 is 70.0 Å². The number of hydrogen-bond donors (Lipinski definition) is 1. The lowest BCUT2D eigenvalue weighted by Gasteiger charge is -2.58. The van der Waals surface area contributed by atoms with Crippen LogP contribution in [-0.2, 0) is 47.5 Å². The van der Waals surface area contributed by atoms with Gasteiger partial charge in [-0.15, -0.1) is 0 Å². The summed E-state index contributed by atoms with van der Waals surface area (Å²) in [6.07, 6.45) is 5.27. The molecule has 1 saturated carbocycles. The van der Waals surface area contributed by atoms with Gasteiger partial charge < -0.3 is 38.3 Å². The van der Waals surface area contributed by atoms with E-state index in [-0.39, 0.29) is 31.8 Å². The molecule has 8 aliphatic rings. The molecule has 5 saturated heterocycles. The second-order valence-corrected chi connectivity index (χ2v) is 12.7. The molecule has 0 aromatic heterocycles. The van der Waals surface area contributed by atoms with E-state index in [1.807, 2.05) is 0 Å². The summed E-state index contributed by atoms with van der Waals surface area (Å²) in [5.74, 6) is -1.99. The molecule has 0 aromatic rings. The fourth-order valence-corrected chi connectivity index (χ4v) is 8.73. The summed E-state index contributed by atoms with van der Waals surface area (Å²) in [5.41, 5.74) is -3.57. The molecule has 11 heteroatoms. The lowest BCUT2D eigenvalue weighted by atomic mass is 9.51. The highest BCUT2D eigenvalue weighted by atomic mass is 16.7. The second kappa shape index (κ2) is 7.83. The van der Waals surface area contributed by atoms with Crippen LogP contribution in [0.5, 0.6) is 0 Å². The van der Waals surface area contributed by atoms with Crippen LogP contribution in [0.1, 0.15) is 39.5 Å². The molecule has 2 aliphatic carbocycles. The number of cyclic esters (lactones) is 1. The van der Waals surface area contributed by atoms with Crippen LogP contribution in [0, 0.1) is 10.8 Å². The van der Waals surface area contributed by atoms with Gasteiger partial charge in [0.2, 0.25) is 0 Å². The van der Waals surface area contributed by atoms with Gasteiger partial charge in [-0.05, 0) is 25.8 Å². The largest absolute Gasteiger partial charge is 0.463 e. The smallest absolute Gasteiger partial charge is 0.339 e. The minimum Gasteiger partial charge on any atom is -0.463 e. The molecule has 11 atom stereocenters. The Morgan fingerprint density at radius 3 is 2.62 bits per heavy atom. The van der Waals surface area contributed by atoms with Crippen molar-refractivity contribution in [1.29, 1.82) is 0 Å². The van der Waals surface area contributed by atoms with Gasteiger partial charge in [-0.3, -0.25) is 0 Å². The lowest BCUT2D eigenvalue weighted by molar-refractivity contribution is -0.233. The standard InChI is InChI=1S/C29H32O11/c1-15-6-8-26-13-34-23(33)21-28(40-21)9-10-35-27(20(31)22(32)39-24(27)28)7-4-3-5-19(30)38-16-12-18(37-17(26)11-15)29(14-36-29)25(16,26)2/h3-5,7,11,16-18,20-21,24,31H,6,8-10,12-14H2,1-2H3/b5-3-,7-4?/t16-,17-,18-,20+,21?,24+,25-,26-,27-,28?,29+/m1/s1. The highest BCUT2D eigenvalue weighted by Crippen LogP contribution is 2.72. The molecular formula is C29H32O11. The summed E-state index contributed by atoms with van der Waals surface area (Å²) >= 11 is 0. The molecule has 11 nitrogen and oxygen atoms in total. The normalized spacial score (nSPS) is 54.8. The Bertz CT molecular complexity index is 1300. The zero-order valence-corrected chi connectivity index (χ0v) is 22.3. The van der Waals surface area contributed by atoms with Crippen molar-refractivity contribution in [3.05, 3.63) is 36.0 Å². The van der Waals surface area contributed by atoms with E-state index in [4.69, 9.17) is 33.2 Å². The summed E-state index contributed by atoms with van der Waals surface area (Å²) in [5, 5.41) is 10.8. The summed E-state index contributed by atoms with van der Waals surface area (Å²) in [7, 11) is 0. The Balaban J connectivity index is 1.22. The zero-order valence-electron chi connectivity index (χ0n) is 22.3. The highest BCUT2D eigenvalue weighted by Gasteiger charge is 2.83. The molecular weight excluding hydrogens is 524 g/mol. The summed E-state index contributed by atoms with van der Waals surface area (Å²) in [6.45, 7) is 4.77. The average molecular weight is 557 g/mol. The maximum atomic E-state index is 13.6. The maximum absolute atomic E-state index is 13.6. The van der Waals surface area contributed by atoms with Crippen molar-refractivity contribution in [3.63, 3.8) is 0 Å². The monoisotopic (exact) mass is 556 g/mol. The summed E-state index contributed by atoms with van der Waals surface area (Å²) in [6, 6.07) is 0. The minimum absolute atomic E-state index is 0.0169. The Kier molecular flexibility index (Phi) is 4.92. The fourth-order valence-electron chi connectivity index (χ4n) is 8.73. The van der Waals surface area contributed by atoms with Crippen molar-refractivity contribution >= 4 is 17.9 Å². The van der Waals surface area contributed by atoms with E-state index in [0.29, 0.717) is 19.4 Å². The molecule has 0 radical (unpaired) electrons. The number of aliphatic hydroxyl groups excluding tert-OH is 1. The van der Waals surface area contributed by atoms with E-state index in [1.165, 1.54) is 29.9 Å².